The van der Waals surface area contributed by atoms with Crippen molar-refractivity contribution in [3.8, 4) is 0 Å². The number of piperidine rings is 1. The highest BCUT2D eigenvalue weighted by atomic mass is 32.2. The summed E-state index contributed by atoms with van der Waals surface area (Å²) in [7, 11) is -3.87. The third-order valence-corrected chi connectivity index (χ3v) is 6.06. The SMILES string of the molecule is CC(=O)NCCC1CCCCN1S(=O)(=O)c1cc(C)ccc1F. The second kappa shape index (κ2) is 7.40. The quantitative estimate of drug-likeness (QED) is 0.892. The smallest absolute Gasteiger partial charge is 0.246 e. The van der Waals surface area contributed by atoms with Crippen LogP contribution in [0.15, 0.2) is 23.1 Å². The molecule has 1 aliphatic heterocycles. The Labute approximate surface area is 136 Å². The normalized spacial score (nSPS) is 19.5. The van der Waals surface area contributed by atoms with Crippen molar-refractivity contribution in [3.05, 3.63) is 29.6 Å². The number of nitrogens with one attached hydrogen (secondary N) is 1. The second-order valence-corrected chi connectivity index (χ2v) is 7.83. The van der Waals surface area contributed by atoms with Gasteiger partial charge in [-0.05, 0) is 43.9 Å². The number of hydrogen-bond donors (Lipinski definition) is 1. The number of amides is 1. The molecule has 23 heavy (non-hydrogen) atoms. The summed E-state index contributed by atoms with van der Waals surface area (Å²) in [6.45, 7) is 3.98. The number of carbonyl (C=O) groups is 1. The summed E-state index contributed by atoms with van der Waals surface area (Å²) in [4.78, 5) is 10.7. The third kappa shape index (κ3) is 4.29. The number of halogens is 1. The standard InChI is InChI=1S/C16H23FN2O3S/c1-12-6-7-15(17)16(11-12)23(21,22)19-10-4-3-5-14(19)8-9-18-13(2)20/h6-7,11,14H,3-5,8-10H2,1-2H3,(H,18,20). The fraction of sp³-hybridized carbons (Fsp3) is 0.562. The minimum atomic E-state index is -3.87. The van der Waals surface area contributed by atoms with Crippen LogP contribution in [0.4, 0.5) is 4.39 Å². The molecule has 0 aromatic heterocycles. The van der Waals surface area contributed by atoms with Crippen LogP contribution in [-0.2, 0) is 14.8 Å². The van der Waals surface area contributed by atoms with Gasteiger partial charge >= 0.3 is 0 Å². The molecule has 2 rings (SSSR count). The monoisotopic (exact) mass is 342 g/mol. The lowest BCUT2D eigenvalue weighted by atomic mass is 10.0. The predicted molar refractivity (Wildman–Crippen MR) is 86.0 cm³/mol. The highest BCUT2D eigenvalue weighted by molar-refractivity contribution is 7.89. The molecule has 1 unspecified atom stereocenters. The van der Waals surface area contributed by atoms with Crippen molar-refractivity contribution in [2.24, 2.45) is 0 Å². The lowest BCUT2D eigenvalue weighted by Gasteiger charge is -2.34. The number of sulfonamides is 1. The summed E-state index contributed by atoms with van der Waals surface area (Å²) in [5, 5.41) is 2.69. The average molecular weight is 342 g/mol. The highest BCUT2D eigenvalue weighted by Crippen LogP contribution is 2.28. The minimum Gasteiger partial charge on any atom is -0.356 e. The molecule has 1 aromatic carbocycles. The zero-order chi connectivity index (χ0) is 17.0. The van der Waals surface area contributed by atoms with Crippen molar-refractivity contribution >= 4 is 15.9 Å². The first kappa shape index (κ1) is 17.9. The molecule has 0 saturated carbocycles. The number of nitrogens with zero attached hydrogens (tertiary/aromatic N) is 1. The minimum absolute atomic E-state index is 0.139. The van der Waals surface area contributed by atoms with Crippen molar-refractivity contribution in [3.63, 3.8) is 0 Å². The molecule has 1 amide bonds. The largest absolute Gasteiger partial charge is 0.356 e. The van der Waals surface area contributed by atoms with E-state index in [1.165, 1.54) is 23.4 Å². The van der Waals surface area contributed by atoms with E-state index in [2.05, 4.69) is 5.32 Å². The van der Waals surface area contributed by atoms with Crippen molar-refractivity contribution in [2.75, 3.05) is 13.1 Å². The van der Waals surface area contributed by atoms with Gasteiger partial charge in [0.1, 0.15) is 10.7 Å². The molecule has 1 aliphatic rings. The molecule has 128 valence electrons. The fourth-order valence-electron chi connectivity index (χ4n) is 2.93. The first-order valence-electron chi connectivity index (χ1n) is 7.85. The van der Waals surface area contributed by atoms with Gasteiger partial charge in [-0.3, -0.25) is 4.79 Å². The van der Waals surface area contributed by atoms with Gasteiger partial charge in [-0.2, -0.15) is 4.31 Å². The van der Waals surface area contributed by atoms with E-state index in [1.54, 1.807) is 13.0 Å². The number of hydrogen-bond acceptors (Lipinski definition) is 3. The Bertz CT molecular complexity index is 676. The van der Waals surface area contributed by atoms with E-state index in [-0.39, 0.29) is 16.8 Å². The van der Waals surface area contributed by atoms with Gasteiger partial charge < -0.3 is 5.32 Å². The van der Waals surface area contributed by atoms with Crippen molar-refractivity contribution in [1.82, 2.24) is 9.62 Å². The van der Waals surface area contributed by atoms with Crippen LogP contribution in [0.5, 0.6) is 0 Å². The van der Waals surface area contributed by atoms with Crippen LogP contribution in [0.3, 0.4) is 0 Å². The van der Waals surface area contributed by atoms with Crippen LogP contribution in [0.25, 0.3) is 0 Å². The van der Waals surface area contributed by atoms with Crippen molar-refractivity contribution in [2.45, 2.75) is 50.5 Å². The lowest BCUT2D eigenvalue weighted by Crippen LogP contribution is -2.45. The van der Waals surface area contributed by atoms with Gasteiger partial charge in [0.25, 0.3) is 0 Å². The molecular weight excluding hydrogens is 319 g/mol. The van der Waals surface area contributed by atoms with E-state index in [0.717, 1.165) is 19.3 Å². The number of aryl methyl sites for hydroxylation is 1. The Hall–Kier alpha value is -1.47. The first-order chi connectivity index (χ1) is 10.8. The molecule has 0 spiro atoms. The van der Waals surface area contributed by atoms with E-state index in [9.17, 15) is 17.6 Å². The topological polar surface area (TPSA) is 66.5 Å². The van der Waals surface area contributed by atoms with Crippen LogP contribution in [-0.4, -0.2) is 37.8 Å². The summed E-state index contributed by atoms with van der Waals surface area (Å²) < 4.78 is 41.2. The zero-order valence-corrected chi connectivity index (χ0v) is 14.3. The molecular formula is C16H23FN2O3S. The molecule has 5 nitrogen and oxygen atoms in total. The molecule has 1 heterocycles. The van der Waals surface area contributed by atoms with Gasteiger partial charge in [0.05, 0.1) is 0 Å². The van der Waals surface area contributed by atoms with Gasteiger partial charge in [0, 0.05) is 26.1 Å². The van der Waals surface area contributed by atoms with Crippen molar-refractivity contribution < 1.29 is 17.6 Å². The maximum Gasteiger partial charge on any atom is 0.246 e. The summed E-state index contributed by atoms with van der Waals surface area (Å²) in [6, 6.07) is 3.92. The summed E-state index contributed by atoms with van der Waals surface area (Å²) >= 11 is 0. The maximum absolute atomic E-state index is 14.0. The number of rotatable bonds is 5. The average Bonchev–Trinajstić information content (AvgIpc) is 2.49. The number of carbonyl (C=O) groups excluding carboxylic acids is 1. The van der Waals surface area contributed by atoms with Gasteiger partial charge in [-0.1, -0.05) is 12.5 Å². The van der Waals surface area contributed by atoms with Crippen LogP contribution < -0.4 is 5.32 Å². The molecule has 0 radical (unpaired) electrons. The van der Waals surface area contributed by atoms with E-state index in [0.29, 0.717) is 25.1 Å². The van der Waals surface area contributed by atoms with Gasteiger partial charge in [0.2, 0.25) is 15.9 Å². The van der Waals surface area contributed by atoms with Crippen molar-refractivity contribution in [1.29, 1.82) is 0 Å². The summed E-state index contributed by atoms with van der Waals surface area (Å²) in [6.07, 6.45) is 2.97. The van der Waals surface area contributed by atoms with Crippen LogP contribution >= 0.6 is 0 Å². The molecule has 1 saturated heterocycles. The van der Waals surface area contributed by atoms with Crippen LogP contribution in [0, 0.1) is 12.7 Å². The molecule has 1 N–H and O–H groups in total. The summed E-state index contributed by atoms with van der Waals surface area (Å²) in [5.41, 5.74) is 0.705. The van der Waals surface area contributed by atoms with Crippen LogP contribution in [0.1, 0.15) is 38.2 Å². The van der Waals surface area contributed by atoms with Gasteiger partial charge in [-0.15, -0.1) is 0 Å². The molecule has 0 bridgehead atoms. The second-order valence-electron chi connectivity index (χ2n) is 5.97. The third-order valence-electron chi connectivity index (χ3n) is 4.10. The zero-order valence-electron chi connectivity index (χ0n) is 13.5. The molecule has 0 aliphatic carbocycles. The van der Waals surface area contributed by atoms with E-state index < -0.39 is 15.8 Å². The Morgan fingerprint density at radius 1 is 1.39 bits per heavy atom. The predicted octanol–water partition coefficient (Wildman–Crippen LogP) is 2.20. The molecule has 1 fully saturated rings. The lowest BCUT2D eigenvalue weighted by molar-refractivity contribution is -0.119. The van der Waals surface area contributed by atoms with E-state index >= 15 is 0 Å². The fourth-order valence-corrected chi connectivity index (χ4v) is 4.80. The van der Waals surface area contributed by atoms with E-state index in [4.69, 9.17) is 0 Å². The van der Waals surface area contributed by atoms with Crippen LogP contribution in [0.2, 0.25) is 0 Å². The Balaban J connectivity index is 2.24. The Kier molecular flexibility index (Phi) is 5.75. The Morgan fingerprint density at radius 2 is 2.13 bits per heavy atom. The first-order valence-corrected chi connectivity index (χ1v) is 9.29. The van der Waals surface area contributed by atoms with E-state index in [1.807, 2.05) is 0 Å². The number of benzene rings is 1. The molecule has 1 aromatic rings. The van der Waals surface area contributed by atoms with Gasteiger partial charge in [0.15, 0.2) is 0 Å². The van der Waals surface area contributed by atoms with Gasteiger partial charge in [-0.25, -0.2) is 12.8 Å². The summed E-state index contributed by atoms with van der Waals surface area (Å²) in [5.74, 6) is -0.860. The molecule has 1 atom stereocenters. The Morgan fingerprint density at radius 3 is 2.83 bits per heavy atom. The maximum atomic E-state index is 14.0. The highest BCUT2D eigenvalue weighted by Gasteiger charge is 2.34. The molecule has 7 heteroatoms.